The minimum atomic E-state index is -0.353. The predicted molar refractivity (Wildman–Crippen MR) is 92.8 cm³/mol. The fourth-order valence-corrected chi connectivity index (χ4v) is 3.75. The van der Waals surface area contributed by atoms with Crippen LogP contribution >= 0.6 is 23.6 Å². The van der Waals surface area contributed by atoms with Crippen LogP contribution in [0.1, 0.15) is 41.9 Å². The lowest BCUT2D eigenvalue weighted by atomic mass is 10.1. The van der Waals surface area contributed by atoms with Gasteiger partial charge in [0.15, 0.2) is 5.11 Å². The summed E-state index contributed by atoms with van der Waals surface area (Å²) in [6.45, 7) is 4.91. The fourth-order valence-electron chi connectivity index (χ4n) is 2.41. The molecule has 0 aromatic carbocycles. The van der Waals surface area contributed by atoms with Crippen LogP contribution < -0.4 is 10.6 Å². The van der Waals surface area contributed by atoms with Crippen molar-refractivity contribution in [3.63, 3.8) is 0 Å². The molecule has 1 fully saturated rings. The molecule has 0 spiro atoms. The highest BCUT2D eigenvalue weighted by atomic mass is 32.1. The molecule has 1 aliphatic rings. The smallest absolute Gasteiger partial charge is 0.340 e. The van der Waals surface area contributed by atoms with Gasteiger partial charge in [0.05, 0.1) is 24.8 Å². The summed E-state index contributed by atoms with van der Waals surface area (Å²) >= 11 is 6.87. The lowest BCUT2D eigenvalue weighted by molar-refractivity contribution is 0.0602. The molecule has 5 nitrogen and oxygen atoms in total. The van der Waals surface area contributed by atoms with E-state index in [9.17, 15) is 4.79 Å². The molecule has 2 atom stereocenters. The van der Waals surface area contributed by atoms with E-state index in [0.717, 1.165) is 35.7 Å². The van der Waals surface area contributed by atoms with E-state index in [1.807, 2.05) is 13.0 Å². The van der Waals surface area contributed by atoms with Gasteiger partial charge in [-0.1, -0.05) is 6.92 Å². The maximum absolute atomic E-state index is 11.8. The molecule has 122 valence electrons. The molecule has 1 saturated heterocycles. The molecule has 0 bridgehead atoms. The van der Waals surface area contributed by atoms with Gasteiger partial charge >= 0.3 is 5.97 Å². The fraction of sp³-hybridized carbons (Fsp3) is 0.600. The standard InChI is InChI=1S/C15H22N2O3S2/c1-4-10-8-11(14(18)19-3)13(22-10)17-15(21)16-9(2)12-6-5-7-20-12/h8-9,12H,4-7H2,1-3H3,(H2,16,17,21). The average Bonchev–Trinajstić information content (AvgIpc) is 3.15. The molecule has 22 heavy (non-hydrogen) atoms. The molecular weight excluding hydrogens is 320 g/mol. The van der Waals surface area contributed by atoms with Crippen molar-refractivity contribution in [2.24, 2.45) is 0 Å². The van der Waals surface area contributed by atoms with Crippen molar-refractivity contribution >= 4 is 39.6 Å². The summed E-state index contributed by atoms with van der Waals surface area (Å²) in [5.41, 5.74) is 0.526. The van der Waals surface area contributed by atoms with Gasteiger partial charge in [0, 0.05) is 11.5 Å². The van der Waals surface area contributed by atoms with Gasteiger partial charge in [-0.25, -0.2) is 4.79 Å². The molecule has 2 heterocycles. The average molecular weight is 342 g/mol. The summed E-state index contributed by atoms with van der Waals surface area (Å²) in [5.74, 6) is -0.353. The monoisotopic (exact) mass is 342 g/mol. The highest BCUT2D eigenvalue weighted by Gasteiger charge is 2.23. The Labute approximate surface area is 140 Å². The van der Waals surface area contributed by atoms with Crippen LogP contribution in [0.15, 0.2) is 6.07 Å². The molecule has 0 radical (unpaired) electrons. The predicted octanol–water partition coefficient (Wildman–Crippen LogP) is 2.95. The number of carbonyl (C=O) groups is 1. The molecule has 2 rings (SSSR count). The SMILES string of the molecule is CCc1cc(C(=O)OC)c(NC(=S)NC(C)C2CCCO2)s1. The van der Waals surface area contributed by atoms with Gasteiger partial charge in [-0.15, -0.1) is 11.3 Å². The second kappa shape index (κ2) is 7.89. The minimum absolute atomic E-state index is 0.134. The van der Waals surface area contributed by atoms with E-state index in [2.05, 4.69) is 17.6 Å². The molecule has 0 amide bonds. The second-order valence-electron chi connectivity index (χ2n) is 5.24. The van der Waals surface area contributed by atoms with E-state index < -0.39 is 0 Å². The van der Waals surface area contributed by atoms with Crippen molar-refractivity contribution in [2.75, 3.05) is 19.0 Å². The molecular formula is C15H22N2O3S2. The summed E-state index contributed by atoms with van der Waals surface area (Å²) in [4.78, 5) is 12.9. The van der Waals surface area contributed by atoms with E-state index in [1.54, 1.807) is 0 Å². The lowest BCUT2D eigenvalue weighted by Crippen LogP contribution is -2.42. The van der Waals surface area contributed by atoms with Crippen molar-refractivity contribution < 1.29 is 14.3 Å². The Bertz CT molecular complexity index is 539. The first-order chi connectivity index (χ1) is 10.5. The minimum Gasteiger partial charge on any atom is -0.465 e. The first-order valence-electron chi connectivity index (χ1n) is 7.45. The van der Waals surface area contributed by atoms with Crippen molar-refractivity contribution in [2.45, 2.75) is 45.3 Å². The number of anilines is 1. The Hall–Kier alpha value is -1.18. The molecule has 7 heteroatoms. The number of methoxy groups -OCH3 is 1. The lowest BCUT2D eigenvalue weighted by Gasteiger charge is -2.21. The first kappa shape index (κ1) is 17.2. The highest BCUT2D eigenvalue weighted by molar-refractivity contribution is 7.80. The van der Waals surface area contributed by atoms with E-state index in [4.69, 9.17) is 21.7 Å². The van der Waals surface area contributed by atoms with Crippen molar-refractivity contribution in [1.82, 2.24) is 5.32 Å². The van der Waals surface area contributed by atoms with Crippen LogP contribution in [0.2, 0.25) is 0 Å². The van der Waals surface area contributed by atoms with Crippen LogP contribution in [0.25, 0.3) is 0 Å². The first-order valence-corrected chi connectivity index (χ1v) is 8.67. The van der Waals surface area contributed by atoms with Gasteiger partial charge in [0.1, 0.15) is 5.00 Å². The molecule has 0 saturated carbocycles. The van der Waals surface area contributed by atoms with Crippen LogP contribution in [0.4, 0.5) is 5.00 Å². The normalized spacial score (nSPS) is 18.8. The van der Waals surface area contributed by atoms with Crippen molar-refractivity contribution in [1.29, 1.82) is 0 Å². The molecule has 1 aliphatic heterocycles. The number of carbonyl (C=O) groups excluding carboxylic acids is 1. The number of thiocarbonyl (C=S) groups is 1. The van der Waals surface area contributed by atoms with Crippen LogP contribution in [-0.4, -0.2) is 36.9 Å². The molecule has 1 aromatic rings. The van der Waals surface area contributed by atoms with Gasteiger partial charge in [0.25, 0.3) is 0 Å². The number of rotatable bonds is 5. The Morgan fingerprint density at radius 1 is 1.64 bits per heavy atom. The zero-order chi connectivity index (χ0) is 16.1. The van der Waals surface area contributed by atoms with E-state index in [1.165, 1.54) is 18.4 Å². The Kier molecular flexibility index (Phi) is 6.16. The van der Waals surface area contributed by atoms with Gasteiger partial charge in [-0.05, 0) is 44.5 Å². The maximum atomic E-state index is 11.8. The quantitative estimate of drug-likeness (QED) is 0.634. The maximum Gasteiger partial charge on any atom is 0.340 e. The van der Waals surface area contributed by atoms with Crippen molar-refractivity contribution in [3.8, 4) is 0 Å². The zero-order valence-electron chi connectivity index (χ0n) is 13.1. The summed E-state index contributed by atoms with van der Waals surface area (Å²) in [7, 11) is 1.38. The van der Waals surface area contributed by atoms with Gasteiger partial charge in [0.2, 0.25) is 0 Å². The van der Waals surface area contributed by atoms with E-state index in [0.29, 0.717) is 10.7 Å². The molecule has 2 unspecified atom stereocenters. The largest absolute Gasteiger partial charge is 0.465 e. The Morgan fingerprint density at radius 3 is 3.00 bits per heavy atom. The topological polar surface area (TPSA) is 59.6 Å². The van der Waals surface area contributed by atoms with Crippen LogP contribution in [0.5, 0.6) is 0 Å². The van der Waals surface area contributed by atoms with Gasteiger partial charge < -0.3 is 20.1 Å². The number of thiophene rings is 1. The van der Waals surface area contributed by atoms with Crippen LogP contribution in [-0.2, 0) is 15.9 Å². The van der Waals surface area contributed by atoms with Crippen molar-refractivity contribution in [3.05, 3.63) is 16.5 Å². The summed E-state index contributed by atoms with van der Waals surface area (Å²) in [6.07, 6.45) is 3.19. The Balaban J connectivity index is 2.01. The number of ether oxygens (including phenoxy) is 2. The van der Waals surface area contributed by atoms with Crippen LogP contribution in [0, 0.1) is 0 Å². The molecule has 2 N–H and O–H groups in total. The van der Waals surface area contributed by atoms with E-state index >= 15 is 0 Å². The van der Waals surface area contributed by atoms with Crippen LogP contribution in [0.3, 0.4) is 0 Å². The number of nitrogens with one attached hydrogen (secondary N) is 2. The third kappa shape index (κ3) is 4.18. The second-order valence-corrected chi connectivity index (χ2v) is 6.78. The highest BCUT2D eigenvalue weighted by Crippen LogP contribution is 2.29. The third-order valence-corrected chi connectivity index (χ3v) is 5.06. The number of esters is 1. The number of aryl methyl sites for hydroxylation is 1. The zero-order valence-corrected chi connectivity index (χ0v) is 14.7. The summed E-state index contributed by atoms with van der Waals surface area (Å²) in [6, 6.07) is 1.99. The number of hydrogen-bond acceptors (Lipinski definition) is 5. The Morgan fingerprint density at radius 2 is 2.41 bits per heavy atom. The van der Waals surface area contributed by atoms with Gasteiger partial charge in [-0.3, -0.25) is 0 Å². The number of hydrogen-bond donors (Lipinski definition) is 2. The van der Waals surface area contributed by atoms with E-state index in [-0.39, 0.29) is 18.1 Å². The van der Waals surface area contributed by atoms with Gasteiger partial charge in [-0.2, -0.15) is 0 Å². The summed E-state index contributed by atoms with van der Waals surface area (Å²) < 4.78 is 10.5. The molecule has 0 aliphatic carbocycles. The summed E-state index contributed by atoms with van der Waals surface area (Å²) in [5, 5.41) is 7.57. The molecule has 1 aromatic heterocycles. The third-order valence-electron chi connectivity index (χ3n) is 3.65.